The molecule has 9 nitrogen and oxygen atoms in total. The third-order valence-corrected chi connectivity index (χ3v) is 3.07. The third-order valence-electron chi connectivity index (χ3n) is 3.07. The van der Waals surface area contributed by atoms with Crippen molar-refractivity contribution < 1.29 is 28.9 Å². The lowest BCUT2D eigenvalue weighted by atomic mass is 10.3. The minimum absolute atomic E-state index is 0.0315. The minimum atomic E-state index is -1.22. The summed E-state index contributed by atoms with van der Waals surface area (Å²) in [6.07, 6.45) is 4.93. The largest absolute Gasteiger partial charge is 0.478 e. The molecular weight excluding hydrogens is 342 g/mol. The molecule has 0 spiro atoms. The standard InChI is InChI=1S/C17H25N3O6/c1-12(2)18-10-14(26-16(23)5-4-15(21)22)11-25-17-19-8-13(9-20-17)6-7-24-3/h4-5,8-9,12,14,18H,6-7,10-11H2,1-3H3,(H,21,22)/b5-4+. The van der Waals surface area contributed by atoms with Gasteiger partial charge >= 0.3 is 17.9 Å². The fourth-order valence-corrected chi connectivity index (χ4v) is 1.78. The van der Waals surface area contributed by atoms with Gasteiger partial charge in [0.25, 0.3) is 0 Å². The zero-order valence-electron chi connectivity index (χ0n) is 15.2. The predicted octanol–water partition coefficient (Wildman–Crippen LogP) is 0.595. The van der Waals surface area contributed by atoms with Crippen molar-refractivity contribution in [2.75, 3.05) is 26.9 Å². The van der Waals surface area contributed by atoms with Gasteiger partial charge in [-0.05, 0) is 12.0 Å². The van der Waals surface area contributed by atoms with Crippen LogP contribution in [0, 0.1) is 0 Å². The van der Waals surface area contributed by atoms with E-state index in [4.69, 9.17) is 19.3 Å². The van der Waals surface area contributed by atoms with Gasteiger partial charge in [-0.2, -0.15) is 0 Å². The van der Waals surface area contributed by atoms with Crippen molar-refractivity contribution in [1.82, 2.24) is 15.3 Å². The molecule has 1 atom stereocenters. The first-order valence-electron chi connectivity index (χ1n) is 8.18. The maximum absolute atomic E-state index is 11.7. The van der Waals surface area contributed by atoms with E-state index < -0.39 is 18.0 Å². The van der Waals surface area contributed by atoms with Crippen LogP contribution in [0.5, 0.6) is 6.01 Å². The quantitative estimate of drug-likeness (QED) is 0.404. The summed E-state index contributed by atoms with van der Waals surface area (Å²) in [6, 6.07) is 0.347. The van der Waals surface area contributed by atoms with E-state index >= 15 is 0 Å². The second-order valence-electron chi connectivity index (χ2n) is 5.72. The van der Waals surface area contributed by atoms with E-state index in [1.807, 2.05) is 13.8 Å². The van der Waals surface area contributed by atoms with Crippen molar-refractivity contribution >= 4 is 11.9 Å². The number of rotatable bonds is 12. The molecule has 0 aromatic carbocycles. The number of aromatic nitrogens is 2. The first-order chi connectivity index (χ1) is 12.4. The van der Waals surface area contributed by atoms with E-state index in [9.17, 15) is 9.59 Å². The first kappa shape index (κ1) is 21.5. The van der Waals surface area contributed by atoms with E-state index in [2.05, 4.69) is 15.3 Å². The highest BCUT2D eigenvalue weighted by Crippen LogP contribution is 2.05. The van der Waals surface area contributed by atoms with Gasteiger partial charge in [0.1, 0.15) is 12.7 Å². The first-order valence-corrected chi connectivity index (χ1v) is 8.18. The Morgan fingerprint density at radius 3 is 2.54 bits per heavy atom. The van der Waals surface area contributed by atoms with Gasteiger partial charge in [-0.3, -0.25) is 0 Å². The van der Waals surface area contributed by atoms with Gasteiger partial charge in [0, 0.05) is 44.2 Å². The molecule has 1 aromatic rings. The number of esters is 1. The predicted molar refractivity (Wildman–Crippen MR) is 92.9 cm³/mol. The Morgan fingerprint density at radius 2 is 1.96 bits per heavy atom. The van der Waals surface area contributed by atoms with E-state index in [-0.39, 0.29) is 18.7 Å². The Labute approximate surface area is 152 Å². The highest BCUT2D eigenvalue weighted by molar-refractivity contribution is 5.90. The summed E-state index contributed by atoms with van der Waals surface area (Å²) in [5.74, 6) is -1.99. The monoisotopic (exact) mass is 367 g/mol. The number of ether oxygens (including phenoxy) is 3. The molecule has 0 bridgehead atoms. The topological polar surface area (TPSA) is 120 Å². The number of carboxylic acid groups (broad SMARTS) is 1. The van der Waals surface area contributed by atoms with Gasteiger partial charge < -0.3 is 24.6 Å². The molecule has 0 saturated heterocycles. The van der Waals surface area contributed by atoms with Crippen molar-refractivity contribution in [3.63, 3.8) is 0 Å². The highest BCUT2D eigenvalue weighted by atomic mass is 16.6. The van der Waals surface area contributed by atoms with Crippen LogP contribution in [0.1, 0.15) is 19.4 Å². The molecule has 0 radical (unpaired) electrons. The van der Waals surface area contributed by atoms with Crippen molar-refractivity contribution in [3.05, 3.63) is 30.1 Å². The number of methoxy groups -OCH3 is 1. The van der Waals surface area contributed by atoms with Crippen LogP contribution in [0.4, 0.5) is 0 Å². The van der Waals surface area contributed by atoms with Crippen LogP contribution >= 0.6 is 0 Å². The van der Waals surface area contributed by atoms with Crippen LogP contribution < -0.4 is 10.1 Å². The van der Waals surface area contributed by atoms with Crippen molar-refractivity contribution in [3.8, 4) is 6.01 Å². The average molecular weight is 367 g/mol. The van der Waals surface area contributed by atoms with Gasteiger partial charge in [-0.25, -0.2) is 19.6 Å². The summed E-state index contributed by atoms with van der Waals surface area (Å²) in [7, 11) is 1.62. The van der Waals surface area contributed by atoms with Gasteiger partial charge in [-0.1, -0.05) is 13.8 Å². The molecule has 144 valence electrons. The van der Waals surface area contributed by atoms with E-state index in [1.165, 1.54) is 0 Å². The normalized spacial score (nSPS) is 12.3. The number of carboxylic acids is 1. The summed E-state index contributed by atoms with van der Waals surface area (Å²) < 4.78 is 15.7. The van der Waals surface area contributed by atoms with Gasteiger partial charge in [0.15, 0.2) is 0 Å². The lowest BCUT2D eigenvalue weighted by Crippen LogP contribution is -2.38. The molecule has 9 heteroatoms. The van der Waals surface area contributed by atoms with Crippen LogP contribution in [0.3, 0.4) is 0 Å². The number of hydrogen-bond acceptors (Lipinski definition) is 8. The Morgan fingerprint density at radius 1 is 1.27 bits per heavy atom. The molecule has 26 heavy (non-hydrogen) atoms. The second kappa shape index (κ2) is 11.9. The van der Waals surface area contributed by atoms with E-state index in [0.717, 1.165) is 17.7 Å². The summed E-state index contributed by atoms with van der Waals surface area (Å²) in [5, 5.41) is 11.7. The molecule has 1 aromatic heterocycles. The number of nitrogens with one attached hydrogen (secondary N) is 1. The third kappa shape index (κ3) is 9.70. The Kier molecular flexibility index (Phi) is 9.88. The van der Waals surface area contributed by atoms with Crippen molar-refractivity contribution in [2.24, 2.45) is 0 Å². The van der Waals surface area contributed by atoms with Gasteiger partial charge in [0.2, 0.25) is 0 Å². The van der Waals surface area contributed by atoms with Crippen LogP contribution in [0.2, 0.25) is 0 Å². The highest BCUT2D eigenvalue weighted by Gasteiger charge is 2.15. The second-order valence-corrected chi connectivity index (χ2v) is 5.72. The Hall–Kier alpha value is -2.52. The molecule has 1 rings (SSSR count). The van der Waals surface area contributed by atoms with Crippen LogP contribution in [-0.4, -0.2) is 66.0 Å². The average Bonchev–Trinajstić information content (AvgIpc) is 2.61. The van der Waals surface area contributed by atoms with Crippen molar-refractivity contribution in [2.45, 2.75) is 32.4 Å². The number of carbonyl (C=O) groups excluding carboxylic acids is 1. The molecule has 0 aliphatic carbocycles. The fourth-order valence-electron chi connectivity index (χ4n) is 1.78. The summed E-state index contributed by atoms with van der Waals surface area (Å²) >= 11 is 0. The fraction of sp³-hybridized carbons (Fsp3) is 0.529. The number of carbonyl (C=O) groups is 2. The van der Waals surface area contributed by atoms with Crippen molar-refractivity contribution in [1.29, 1.82) is 0 Å². The Bertz CT molecular complexity index is 589. The molecule has 0 amide bonds. The number of nitrogens with zero attached hydrogens (tertiary/aromatic N) is 2. The van der Waals surface area contributed by atoms with E-state index in [0.29, 0.717) is 19.6 Å². The van der Waals surface area contributed by atoms with Crippen LogP contribution in [0.25, 0.3) is 0 Å². The molecule has 0 saturated carbocycles. The van der Waals surface area contributed by atoms with Gasteiger partial charge in [-0.15, -0.1) is 0 Å². The molecule has 0 aliphatic heterocycles. The van der Waals surface area contributed by atoms with Crippen LogP contribution in [0.15, 0.2) is 24.5 Å². The molecule has 1 unspecified atom stereocenters. The maximum Gasteiger partial charge on any atom is 0.331 e. The molecule has 2 N–H and O–H groups in total. The number of aliphatic carboxylic acids is 1. The zero-order valence-corrected chi connectivity index (χ0v) is 15.2. The Balaban J connectivity index is 2.58. The van der Waals surface area contributed by atoms with E-state index in [1.54, 1.807) is 19.5 Å². The SMILES string of the molecule is COCCc1cnc(OCC(CNC(C)C)OC(=O)/C=C/C(=O)O)nc1. The number of hydrogen-bond donors (Lipinski definition) is 2. The summed E-state index contributed by atoms with van der Waals surface area (Å²) in [5.41, 5.74) is 0.919. The lowest BCUT2D eigenvalue weighted by molar-refractivity contribution is -0.145. The molecular formula is C17H25N3O6. The molecule has 0 aliphatic rings. The maximum atomic E-state index is 11.7. The molecule has 0 fully saturated rings. The smallest absolute Gasteiger partial charge is 0.331 e. The van der Waals surface area contributed by atoms with Gasteiger partial charge in [0.05, 0.1) is 6.61 Å². The minimum Gasteiger partial charge on any atom is -0.478 e. The lowest BCUT2D eigenvalue weighted by Gasteiger charge is -2.19. The molecule has 1 heterocycles. The summed E-state index contributed by atoms with van der Waals surface area (Å²) in [4.78, 5) is 30.3. The summed E-state index contributed by atoms with van der Waals surface area (Å²) in [6.45, 7) is 4.85. The van der Waals surface area contributed by atoms with Crippen LogP contribution in [-0.2, 0) is 25.5 Å². The zero-order chi connectivity index (χ0) is 19.4.